The van der Waals surface area contributed by atoms with E-state index in [0.717, 1.165) is 12.8 Å². The number of carboxylic acids is 2. The predicted octanol–water partition coefficient (Wildman–Crippen LogP) is 1.04. The zero-order chi connectivity index (χ0) is 21.4. The Bertz CT molecular complexity index is 739. The van der Waals surface area contributed by atoms with E-state index in [1.807, 2.05) is 24.3 Å². The summed E-state index contributed by atoms with van der Waals surface area (Å²) in [4.78, 5) is 48.0. The fraction of sp³-hybridized carbons (Fsp3) is 0.636. The van der Waals surface area contributed by atoms with Gasteiger partial charge in [-0.25, -0.2) is 0 Å². The zero-order valence-electron chi connectivity index (χ0n) is 16.7. The first-order valence-corrected chi connectivity index (χ1v) is 10.8. The number of amides is 2. The van der Waals surface area contributed by atoms with E-state index < -0.39 is 35.6 Å². The summed E-state index contributed by atoms with van der Waals surface area (Å²) in [6, 6.07) is 0. The van der Waals surface area contributed by atoms with Crippen LogP contribution in [-0.4, -0.2) is 47.1 Å². The van der Waals surface area contributed by atoms with Gasteiger partial charge in [0.15, 0.2) is 0 Å². The van der Waals surface area contributed by atoms with Gasteiger partial charge in [-0.15, -0.1) is 0 Å². The lowest BCUT2D eigenvalue weighted by molar-refractivity contribution is -0.148. The Kier molecular flexibility index (Phi) is 5.66. The third-order valence-electron chi connectivity index (χ3n) is 7.30. The molecule has 0 aromatic heterocycles. The molecule has 2 amide bonds. The second-order valence-corrected chi connectivity index (χ2v) is 8.97. The van der Waals surface area contributed by atoms with Crippen LogP contribution in [0.1, 0.15) is 25.7 Å². The van der Waals surface area contributed by atoms with Crippen molar-refractivity contribution in [2.75, 3.05) is 13.1 Å². The molecule has 8 nitrogen and oxygen atoms in total. The largest absolute Gasteiger partial charge is 0.481 e. The highest BCUT2D eigenvalue weighted by Crippen LogP contribution is 2.49. The van der Waals surface area contributed by atoms with Gasteiger partial charge in [-0.2, -0.15) is 0 Å². The highest BCUT2D eigenvalue weighted by Gasteiger charge is 2.52. The van der Waals surface area contributed by atoms with Crippen LogP contribution in [0.2, 0.25) is 0 Å². The molecule has 30 heavy (non-hydrogen) atoms. The molecule has 0 radical (unpaired) electrons. The third kappa shape index (κ3) is 3.63. The van der Waals surface area contributed by atoms with Crippen molar-refractivity contribution in [1.82, 2.24) is 10.6 Å². The van der Waals surface area contributed by atoms with E-state index in [4.69, 9.17) is 0 Å². The van der Waals surface area contributed by atoms with Gasteiger partial charge >= 0.3 is 11.9 Å². The highest BCUT2D eigenvalue weighted by molar-refractivity contribution is 5.87. The molecule has 0 aliphatic heterocycles. The first kappa shape index (κ1) is 20.6. The molecule has 4 rings (SSSR count). The Labute approximate surface area is 174 Å². The maximum absolute atomic E-state index is 12.5. The quantitative estimate of drug-likeness (QED) is 0.328. The normalized spacial score (nSPS) is 37.5. The molecule has 0 aromatic carbocycles. The Morgan fingerprint density at radius 2 is 0.967 bits per heavy atom. The maximum Gasteiger partial charge on any atom is 0.307 e. The van der Waals surface area contributed by atoms with Gasteiger partial charge in [0.1, 0.15) is 0 Å². The average molecular weight is 416 g/mol. The number of hydrogen-bond acceptors (Lipinski definition) is 4. The molecule has 0 saturated heterocycles. The van der Waals surface area contributed by atoms with Crippen LogP contribution in [-0.2, 0) is 19.2 Å². The van der Waals surface area contributed by atoms with Crippen molar-refractivity contribution < 1.29 is 29.4 Å². The van der Waals surface area contributed by atoms with Crippen molar-refractivity contribution in [1.29, 1.82) is 0 Å². The molecule has 8 atom stereocenters. The minimum atomic E-state index is -0.912. The first-order valence-electron chi connectivity index (χ1n) is 10.8. The van der Waals surface area contributed by atoms with Crippen LogP contribution in [0.3, 0.4) is 0 Å². The van der Waals surface area contributed by atoms with Crippen LogP contribution in [0.25, 0.3) is 0 Å². The Morgan fingerprint density at radius 1 is 0.633 bits per heavy atom. The monoisotopic (exact) mass is 416 g/mol. The number of aliphatic carboxylic acids is 2. The van der Waals surface area contributed by atoms with Crippen LogP contribution >= 0.6 is 0 Å². The molecule has 8 heteroatoms. The second kappa shape index (κ2) is 8.24. The van der Waals surface area contributed by atoms with Crippen LogP contribution in [0.4, 0.5) is 0 Å². The van der Waals surface area contributed by atoms with Crippen molar-refractivity contribution in [2.45, 2.75) is 25.7 Å². The minimum absolute atomic E-state index is 0.00774. The summed E-state index contributed by atoms with van der Waals surface area (Å²) < 4.78 is 0. The van der Waals surface area contributed by atoms with Gasteiger partial charge in [0.2, 0.25) is 11.8 Å². The van der Waals surface area contributed by atoms with E-state index in [9.17, 15) is 29.4 Å². The van der Waals surface area contributed by atoms with E-state index in [0.29, 0.717) is 25.9 Å². The summed E-state index contributed by atoms with van der Waals surface area (Å²) >= 11 is 0. The van der Waals surface area contributed by atoms with E-state index in [2.05, 4.69) is 10.6 Å². The third-order valence-corrected chi connectivity index (χ3v) is 7.30. The topological polar surface area (TPSA) is 133 Å². The number of unbranched alkanes of at least 4 members (excludes halogenated alkanes) is 1. The minimum Gasteiger partial charge on any atom is -0.481 e. The number of fused-ring (bicyclic) bond motifs is 4. The summed E-state index contributed by atoms with van der Waals surface area (Å²) in [5.74, 6) is -4.61. The Balaban J connectivity index is 1.17. The average Bonchev–Trinajstić information content (AvgIpc) is 3.48. The van der Waals surface area contributed by atoms with E-state index in [-0.39, 0.29) is 35.5 Å². The lowest BCUT2D eigenvalue weighted by atomic mass is 9.82. The van der Waals surface area contributed by atoms with Crippen LogP contribution < -0.4 is 10.6 Å². The summed E-state index contributed by atoms with van der Waals surface area (Å²) in [5.41, 5.74) is 0. The van der Waals surface area contributed by atoms with E-state index >= 15 is 0 Å². The van der Waals surface area contributed by atoms with Gasteiger partial charge in [-0.3, -0.25) is 19.2 Å². The van der Waals surface area contributed by atoms with Gasteiger partial charge in [-0.1, -0.05) is 24.3 Å². The van der Waals surface area contributed by atoms with Crippen molar-refractivity contribution >= 4 is 23.8 Å². The van der Waals surface area contributed by atoms with E-state index in [1.165, 1.54) is 0 Å². The standard InChI is InChI=1S/C22H28N2O6/c25-19(15-11-3-5-13(9-11)17(15)21(27)28)23-7-1-2-8-24-20(26)16-12-4-6-14(10-12)18(16)22(29)30/h3-6,11-18H,1-2,7-10H2,(H,23,25)(H,24,26)(H,27,28)(H,29,30)/t11-,12+,13-,14-,15-,16+,17-,18-/m0/s1. The lowest BCUT2D eigenvalue weighted by Gasteiger charge is -2.24. The second-order valence-electron chi connectivity index (χ2n) is 8.97. The number of nitrogens with one attached hydrogen (secondary N) is 2. The number of carbonyl (C=O) groups is 4. The molecule has 4 N–H and O–H groups in total. The summed E-state index contributed by atoms with van der Waals surface area (Å²) in [6.07, 6.45) is 10.5. The summed E-state index contributed by atoms with van der Waals surface area (Å²) in [6.45, 7) is 0.848. The van der Waals surface area contributed by atoms with Crippen LogP contribution in [0.5, 0.6) is 0 Å². The predicted molar refractivity (Wildman–Crippen MR) is 106 cm³/mol. The molecule has 4 aliphatic rings. The summed E-state index contributed by atoms with van der Waals surface area (Å²) in [7, 11) is 0. The number of rotatable bonds is 9. The molecule has 0 aromatic rings. The van der Waals surface area contributed by atoms with Gasteiger partial charge < -0.3 is 20.8 Å². The molecule has 2 saturated carbocycles. The number of carboxylic acid groups (broad SMARTS) is 2. The summed E-state index contributed by atoms with van der Waals surface area (Å²) in [5, 5.41) is 24.6. The number of carbonyl (C=O) groups excluding carboxylic acids is 2. The molecular formula is C22H28N2O6. The van der Waals surface area contributed by atoms with Gasteiger partial charge in [0, 0.05) is 13.1 Å². The van der Waals surface area contributed by atoms with Crippen molar-refractivity contribution in [3.8, 4) is 0 Å². The Hall–Kier alpha value is -2.64. The Morgan fingerprint density at radius 3 is 1.30 bits per heavy atom. The molecule has 0 unspecified atom stereocenters. The van der Waals surface area contributed by atoms with Crippen molar-refractivity contribution in [3.63, 3.8) is 0 Å². The van der Waals surface area contributed by atoms with Gasteiger partial charge in [-0.05, 0) is 49.4 Å². The molecule has 4 bridgehead atoms. The molecule has 0 heterocycles. The van der Waals surface area contributed by atoms with Crippen molar-refractivity contribution in [2.24, 2.45) is 47.3 Å². The van der Waals surface area contributed by atoms with Gasteiger partial charge in [0.05, 0.1) is 23.7 Å². The molecule has 162 valence electrons. The van der Waals surface area contributed by atoms with Crippen LogP contribution in [0.15, 0.2) is 24.3 Å². The number of allylic oxidation sites excluding steroid dienone is 4. The fourth-order valence-electron chi connectivity index (χ4n) is 5.94. The van der Waals surface area contributed by atoms with Crippen molar-refractivity contribution in [3.05, 3.63) is 24.3 Å². The zero-order valence-corrected chi connectivity index (χ0v) is 16.7. The molecular weight excluding hydrogens is 388 g/mol. The maximum atomic E-state index is 12.5. The first-order chi connectivity index (χ1) is 14.4. The SMILES string of the molecule is O=C(O)[C@@H]1[C@@H](C(=O)NCCCCNC(=O)[C@H]2[C@@H](C(=O)O)[C@H]3C=C[C@@H]2C3)[C@H]2C=C[C@H]1C2. The molecule has 0 spiro atoms. The van der Waals surface area contributed by atoms with Crippen LogP contribution in [0, 0.1) is 47.3 Å². The lowest BCUT2D eigenvalue weighted by Crippen LogP contribution is -2.41. The highest BCUT2D eigenvalue weighted by atomic mass is 16.4. The van der Waals surface area contributed by atoms with Gasteiger partial charge in [0.25, 0.3) is 0 Å². The smallest absolute Gasteiger partial charge is 0.307 e. The number of hydrogen-bond donors (Lipinski definition) is 4. The van der Waals surface area contributed by atoms with E-state index in [1.54, 1.807) is 0 Å². The fourth-order valence-corrected chi connectivity index (χ4v) is 5.94. The molecule has 4 aliphatic carbocycles. The molecule has 2 fully saturated rings.